The molecule has 21 heavy (non-hydrogen) atoms. The van der Waals surface area contributed by atoms with Gasteiger partial charge in [-0.05, 0) is 55.6 Å². The molecule has 0 atom stereocenters. The van der Waals surface area contributed by atoms with Crippen LogP contribution in [0.4, 0.5) is 10.5 Å². The minimum Gasteiger partial charge on any atom is -0.410 e. The summed E-state index contributed by atoms with van der Waals surface area (Å²) in [7, 11) is 0. The lowest BCUT2D eigenvalue weighted by Gasteiger charge is -2.07. The van der Waals surface area contributed by atoms with Crippen molar-refractivity contribution in [2.75, 3.05) is 11.6 Å². The van der Waals surface area contributed by atoms with Gasteiger partial charge in [0, 0.05) is 16.1 Å². The lowest BCUT2D eigenvalue weighted by atomic mass is 10.1. The van der Waals surface area contributed by atoms with Crippen LogP contribution in [0, 0.1) is 0 Å². The maximum absolute atomic E-state index is 11.8. The number of carbonyl (C=O) groups excluding carboxylic acids is 2. The Hall–Kier alpha value is -2.27. The van der Waals surface area contributed by atoms with Crippen LogP contribution in [-0.4, -0.2) is 18.1 Å². The Morgan fingerprint density at radius 3 is 2.43 bits per heavy atom. The van der Waals surface area contributed by atoms with Gasteiger partial charge in [-0.2, -0.15) is 0 Å². The number of amides is 1. The number of hydrogen-bond donors (Lipinski definition) is 1. The highest BCUT2D eigenvalue weighted by Gasteiger charge is 2.06. The van der Waals surface area contributed by atoms with Gasteiger partial charge in [0.25, 0.3) is 0 Å². The smallest absolute Gasteiger partial charge is 0.410 e. The van der Waals surface area contributed by atoms with Gasteiger partial charge >= 0.3 is 6.09 Å². The van der Waals surface area contributed by atoms with E-state index in [0.717, 1.165) is 4.90 Å². The molecule has 0 fully saturated rings. The standard InChI is InChI=1S/C16H15NO3S/c1-11(18)12-6-8-14(9-7-12)20-16(19)17-13-4-3-5-15(10-13)21-2/h3-10H,1-2H3,(H,17,19). The van der Waals surface area contributed by atoms with E-state index in [9.17, 15) is 9.59 Å². The van der Waals surface area contributed by atoms with Gasteiger partial charge in [0.2, 0.25) is 0 Å². The lowest BCUT2D eigenvalue weighted by molar-refractivity contribution is 0.101. The molecule has 2 rings (SSSR count). The molecule has 2 aromatic rings. The molecule has 0 saturated carbocycles. The van der Waals surface area contributed by atoms with Crippen molar-refractivity contribution in [2.45, 2.75) is 11.8 Å². The molecule has 1 N–H and O–H groups in total. The van der Waals surface area contributed by atoms with E-state index in [1.807, 2.05) is 24.5 Å². The van der Waals surface area contributed by atoms with E-state index >= 15 is 0 Å². The van der Waals surface area contributed by atoms with Gasteiger partial charge in [-0.25, -0.2) is 4.79 Å². The monoisotopic (exact) mass is 301 g/mol. The number of hydrogen-bond acceptors (Lipinski definition) is 4. The molecule has 0 aliphatic heterocycles. The number of ether oxygens (including phenoxy) is 1. The fourth-order valence-electron chi connectivity index (χ4n) is 1.71. The Balaban J connectivity index is 1.99. The molecule has 0 saturated heterocycles. The normalized spacial score (nSPS) is 10.0. The summed E-state index contributed by atoms with van der Waals surface area (Å²) in [6.45, 7) is 1.49. The third-order valence-corrected chi connectivity index (χ3v) is 3.51. The first kappa shape index (κ1) is 15.1. The third-order valence-electron chi connectivity index (χ3n) is 2.79. The number of benzene rings is 2. The van der Waals surface area contributed by atoms with Gasteiger partial charge in [0.15, 0.2) is 5.78 Å². The molecule has 0 heterocycles. The minimum atomic E-state index is -0.566. The summed E-state index contributed by atoms with van der Waals surface area (Å²) in [5.74, 6) is 0.360. The van der Waals surface area contributed by atoms with E-state index in [1.165, 1.54) is 6.92 Å². The maximum atomic E-state index is 11.8. The van der Waals surface area contributed by atoms with E-state index in [2.05, 4.69) is 5.32 Å². The van der Waals surface area contributed by atoms with Crippen molar-refractivity contribution < 1.29 is 14.3 Å². The predicted molar refractivity (Wildman–Crippen MR) is 84.3 cm³/mol. The summed E-state index contributed by atoms with van der Waals surface area (Å²) in [6, 6.07) is 13.9. The van der Waals surface area contributed by atoms with Crippen LogP contribution in [0.3, 0.4) is 0 Å². The zero-order valence-electron chi connectivity index (χ0n) is 11.8. The molecule has 5 heteroatoms. The Kier molecular flexibility index (Phi) is 5.00. The van der Waals surface area contributed by atoms with Crippen molar-refractivity contribution in [2.24, 2.45) is 0 Å². The van der Waals surface area contributed by atoms with Crippen LogP contribution in [0.15, 0.2) is 53.4 Å². The fraction of sp³-hybridized carbons (Fsp3) is 0.125. The number of carbonyl (C=O) groups is 2. The Morgan fingerprint density at radius 1 is 1.10 bits per heavy atom. The minimum absolute atomic E-state index is 0.0279. The summed E-state index contributed by atoms with van der Waals surface area (Å²) < 4.78 is 5.16. The molecule has 0 aromatic heterocycles. The number of rotatable bonds is 4. The molecule has 0 radical (unpaired) electrons. The summed E-state index contributed by atoms with van der Waals surface area (Å²) >= 11 is 1.59. The average Bonchev–Trinajstić information content (AvgIpc) is 2.47. The highest BCUT2D eigenvalue weighted by atomic mass is 32.2. The van der Waals surface area contributed by atoms with E-state index in [1.54, 1.807) is 42.1 Å². The topological polar surface area (TPSA) is 55.4 Å². The second kappa shape index (κ2) is 6.95. The van der Waals surface area contributed by atoms with Crippen molar-refractivity contribution in [3.05, 3.63) is 54.1 Å². The first-order chi connectivity index (χ1) is 10.1. The number of nitrogens with one attached hydrogen (secondary N) is 1. The van der Waals surface area contributed by atoms with Crippen LogP contribution in [-0.2, 0) is 0 Å². The van der Waals surface area contributed by atoms with Crippen molar-refractivity contribution in [3.8, 4) is 5.75 Å². The number of thioether (sulfide) groups is 1. The SMILES string of the molecule is CSc1cccc(NC(=O)Oc2ccc(C(C)=O)cc2)c1. The highest BCUT2D eigenvalue weighted by molar-refractivity contribution is 7.98. The molecular weight excluding hydrogens is 286 g/mol. The molecule has 1 amide bonds. The molecule has 4 nitrogen and oxygen atoms in total. The van der Waals surface area contributed by atoms with Crippen molar-refractivity contribution in [3.63, 3.8) is 0 Å². The van der Waals surface area contributed by atoms with Gasteiger partial charge in [0.1, 0.15) is 5.75 Å². The summed E-state index contributed by atoms with van der Waals surface area (Å²) in [5, 5.41) is 2.66. The second-order valence-electron chi connectivity index (χ2n) is 4.33. The van der Waals surface area contributed by atoms with Crippen LogP contribution < -0.4 is 10.1 Å². The van der Waals surface area contributed by atoms with E-state index < -0.39 is 6.09 Å². The molecule has 0 aliphatic carbocycles. The number of ketones is 1. The highest BCUT2D eigenvalue weighted by Crippen LogP contribution is 2.19. The summed E-state index contributed by atoms with van der Waals surface area (Å²) in [4.78, 5) is 24.0. The predicted octanol–water partition coefficient (Wildman–Crippen LogP) is 4.22. The van der Waals surface area contributed by atoms with Crippen molar-refractivity contribution >= 4 is 29.3 Å². The van der Waals surface area contributed by atoms with Crippen molar-refractivity contribution in [1.29, 1.82) is 0 Å². The van der Waals surface area contributed by atoms with Crippen molar-refractivity contribution in [1.82, 2.24) is 0 Å². The Bertz CT molecular complexity index is 653. The largest absolute Gasteiger partial charge is 0.417 e. The second-order valence-corrected chi connectivity index (χ2v) is 5.21. The van der Waals surface area contributed by atoms with Gasteiger partial charge in [0.05, 0.1) is 0 Å². The quantitative estimate of drug-likeness (QED) is 0.678. The summed E-state index contributed by atoms with van der Waals surface area (Å²) in [5.41, 5.74) is 1.25. The zero-order valence-corrected chi connectivity index (χ0v) is 12.6. The van der Waals surface area contributed by atoms with Gasteiger partial charge in [-0.3, -0.25) is 10.1 Å². The lowest BCUT2D eigenvalue weighted by Crippen LogP contribution is -2.16. The first-order valence-corrected chi connectivity index (χ1v) is 7.55. The Labute approximate surface area is 127 Å². The molecule has 0 spiro atoms. The Morgan fingerprint density at radius 2 is 1.81 bits per heavy atom. The molecule has 108 valence electrons. The molecule has 0 aliphatic rings. The fourth-order valence-corrected chi connectivity index (χ4v) is 2.17. The average molecular weight is 301 g/mol. The van der Waals surface area contributed by atoms with E-state index in [0.29, 0.717) is 17.0 Å². The van der Waals surface area contributed by atoms with E-state index in [-0.39, 0.29) is 5.78 Å². The number of anilines is 1. The maximum Gasteiger partial charge on any atom is 0.417 e. The van der Waals surface area contributed by atoms with E-state index in [4.69, 9.17) is 4.74 Å². The molecule has 0 bridgehead atoms. The zero-order chi connectivity index (χ0) is 15.2. The van der Waals surface area contributed by atoms with Crippen LogP contribution in [0.2, 0.25) is 0 Å². The summed E-state index contributed by atoms with van der Waals surface area (Å²) in [6.07, 6.45) is 1.40. The van der Waals surface area contributed by atoms with Crippen LogP contribution in [0.1, 0.15) is 17.3 Å². The molecule has 0 unspecified atom stereocenters. The van der Waals surface area contributed by atoms with Gasteiger partial charge in [-0.1, -0.05) is 6.07 Å². The van der Waals surface area contributed by atoms with Gasteiger partial charge < -0.3 is 4.74 Å². The van der Waals surface area contributed by atoms with Gasteiger partial charge in [-0.15, -0.1) is 11.8 Å². The first-order valence-electron chi connectivity index (χ1n) is 6.32. The number of Topliss-reactive ketones (excluding diaryl/α,β-unsaturated/α-hetero) is 1. The van der Waals surface area contributed by atoms with Crippen LogP contribution in [0.5, 0.6) is 5.75 Å². The molecular formula is C16H15NO3S. The van der Waals surface area contributed by atoms with Crippen LogP contribution in [0.25, 0.3) is 0 Å². The third kappa shape index (κ3) is 4.36. The molecule has 2 aromatic carbocycles. The van der Waals surface area contributed by atoms with Crippen LogP contribution >= 0.6 is 11.8 Å².